The lowest BCUT2D eigenvalue weighted by Gasteiger charge is -2.36. The molecule has 16 heavy (non-hydrogen) atoms. The first kappa shape index (κ1) is 11.0. The first-order valence-electron chi connectivity index (χ1n) is 5.41. The second-order valence-electron chi connectivity index (χ2n) is 4.13. The van der Waals surface area contributed by atoms with Crippen LogP contribution in [0.15, 0.2) is 30.3 Å². The van der Waals surface area contributed by atoms with E-state index in [0.717, 1.165) is 19.3 Å². The second-order valence-corrected chi connectivity index (χ2v) is 4.13. The molecule has 0 atom stereocenters. The maximum atomic E-state index is 11.4. The van der Waals surface area contributed by atoms with Gasteiger partial charge in [-0.2, -0.15) is 0 Å². The molecule has 0 unspecified atom stereocenters. The summed E-state index contributed by atoms with van der Waals surface area (Å²) in [5, 5.41) is 12.3. The molecular weight excluding hydrogens is 206 g/mol. The van der Waals surface area contributed by atoms with Crippen molar-refractivity contribution in [1.82, 2.24) is 5.32 Å². The van der Waals surface area contributed by atoms with Crippen molar-refractivity contribution < 1.29 is 14.6 Å². The molecule has 4 heteroatoms. The largest absolute Gasteiger partial charge is 0.412 e. The fourth-order valence-electron chi connectivity index (χ4n) is 1.63. The molecule has 1 fully saturated rings. The molecule has 0 spiro atoms. The number of rotatable bonds is 3. The molecule has 1 saturated carbocycles. The highest BCUT2D eigenvalue weighted by Crippen LogP contribution is 2.30. The summed E-state index contributed by atoms with van der Waals surface area (Å²) in [6, 6.07) is 8.85. The Hall–Kier alpha value is -1.55. The number of carbonyl (C=O) groups excluding carboxylic acids is 1. The standard InChI is InChI=1S/C12H15NO3/c14-11(13-9-12(15)7-4-8-12)16-10-5-2-1-3-6-10/h1-3,5-6,15H,4,7-9H2,(H,13,14). The quantitative estimate of drug-likeness (QED) is 0.816. The Balaban J connectivity index is 1.76. The number of amides is 1. The molecule has 2 rings (SSSR count). The van der Waals surface area contributed by atoms with Gasteiger partial charge in [0.15, 0.2) is 0 Å². The number of hydrogen-bond donors (Lipinski definition) is 2. The van der Waals surface area contributed by atoms with Gasteiger partial charge in [0, 0.05) is 6.54 Å². The highest BCUT2D eigenvalue weighted by Gasteiger charge is 2.34. The molecule has 1 amide bonds. The first-order valence-corrected chi connectivity index (χ1v) is 5.41. The Bertz CT molecular complexity index is 360. The van der Waals surface area contributed by atoms with Crippen molar-refractivity contribution in [1.29, 1.82) is 0 Å². The lowest BCUT2D eigenvalue weighted by Crippen LogP contribution is -2.48. The van der Waals surface area contributed by atoms with Gasteiger partial charge in [0.2, 0.25) is 0 Å². The second kappa shape index (κ2) is 4.53. The van der Waals surface area contributed by atoms with Crippen LogP contribution >= 0.6 is 0 Å². The summed E-state index contributed by atoms with van der Waals surface area (Å²) in [4.78, 5) is 11.4. The zero-order chi connectivity index (χ0) is 11.4. The van der Waals surface area contributed by atoms with Gasteiger partial charge < -0.3 is 15.2 Å². The Morgan fingerprint density at radius 3 is 2.62 bits per heavy atom. The fourth-order valence-corrected chi connectivity index (χ4v) is 1.63. The van der Waals surface area contributed by atoms with E-state index in [9.17, 15) is 9.90 Å². The molecule has 1 aromatic rings. The van der Waals surface area contributed by atoms with Crippen molar-refractivity contribution in [2.24, 2.45) is 0 Å². The van der Waals surface area contributed by atoms with Crippen LogP contribution in [0.4, 0.5) is 4.79 Å². The van der Waals surface area contributed by atoms with Gasteiger partial charge in [-0.25, -0.2) is 4.79 Å². The van der Waals surface area contributed by atoms with E-state index >= 15 is 0 Å². The highest BCUT2D eigenvalue weighted by molar-refractivity contribution is 5.70. The molecular formula is C12H15NO3. The van der Waals surface area contributed by atoms with Gasteiger partial charge in [0.05, 0.1) is 5.60 Å². The van der Waals surface area contributed by atoms with E-state index in [0.29, 0.717) is 5.75 Å². The highest BCUT2D eigenvalue weighted by atomic mass is 16.6. The molecule has 0 radical (unpaired) electrons. The summed E-state index contributed by atoms with van der Waals surface area (Å²) in [5.74, 6) is 0.501. The van der Waals surface area contributed by atoms with Crippen molar-refractivity contribution in [3.8, 4) is 5.75 Å². The predicted octanol–water partition coefficient (Wildman–Crippen LogP) is 1.69. The first-order chi connectivity index (χ1) is 7.68. The molecule has 4 nitrogen and oxygen atoms in total. The molecule has 0 aromatic heterocycles. The monoisotopic (exact) mass is 221 g/mol. The van der Waals surface area contributed by atoms with Crippen molar-refractivity contribution in [3.63, 3.8) is 0 Å². The predicted molar refractivity (Wildman–Crippen MR) is 59.3 cm³/mol. The summed E-state index contributed by atoms with van der Waals surface area (Å²) in [6.07, 6.45) is 2.00. The van der Waals surface area contributed by atoms with Gasteiger partial charge in [-0.15, -0.1) is 0 Å². The van der Waals surface area contributed by atoms with Crippen LogP contribution in [-0.2, 0) is 0 Å². The fraction of sp³-hybridized carbons (Fsp3) is 0.417. The van der Waals surface area contributed by atoms with Gasteiger partial charge >= 0.3 is 6.09 Å². The van der Waals surface area contributed by atoms with Crippen LogP contribution < -0.4 is 10.1 Å². The molecule has 1 aliphatic carbocycles. The minimum atomic E-state index is -0.713. The molecule has 1 aromatic carbocycles. The third-order valence-corrected chi connectivity index (χ3v) is 2.80. The normalized spacial score (nSPS) is 17.3. The van der Waals surface area contributed by atoms with Gasteiger partial charge in [-0.05, 0) is 31.4 Å². The minimum Gasteiger partial charge on any atom is -0.410 e. The Kier molecular flexibility index (Phi) is 3.10. The van der Waals surface area contributed by atoms with Gasteiger partial charge in [0.25, 0.3) is 0 Å². The number of aliphatic hydroxyl groups is 1. The molecule has 86 valence electrons. The number of benzene rings is 1. The number of carbonyl (C=O) groups is 1. The zero-order valence-corrected chi connectivity index (χ0v) is 8.98. The third kappa shape index (κ3) is 2.73. The molecule has 0 heterocycles. The van der Waals surface area contributed by atoms with Crippen molar-refractivity contribution >= 4 is 6.09 Å². The average molecular weight is 221 g/mol. The van der Waals surface area contributed by atoms with Crippen molar-refractivity contribution in [2.45, 2.75) is 24.9 Å². The van der Waals surface area contributed by atoms with Crippen molar-refractivity contribution in [2.75, 3.05) is 6.54 Å². The minimum absolute atomic E-state index is 0.263. The van der Waals surface area contributed by atoms with E-state index in [1.807, 2.05) is 6.07 Å². The number of hydrogen-bond acceptors (Lipinski definition) is 3. The molecule has 0 saturated heterocycles. The lowest BCUT2D eigenvalue weighted by atomic mass is 9.80. The third-order valence-electron chi connectivity index (χ3n) is 2.80. The van der Waals surface area contributed by atoms with Crippen LogP contribution in [0.1, 0.15) is 19.3 Å². The van der Waals surface area contributed by atoms with E-state index < -0.39 is 11.7 Å². The number of ether oxygens (including phenoxy) is 1. The maximum absolute atomic E-state index is 11.4. The Morgan fingerprint density at radius 2 is 2.06 bits per heavy atom. The van der Waals surface area contributed by atoms with E-state index in [2.05, 4.69) is 5.32 Å². The van der Waals surface area contributed by atoms with Crippen molar-refractivity contribution in [3.05, 3.63) is 30.3 Å². The molecule has 2 N–H and O–H groups in total. The summed E-state index contributed by atoms with van der Waals surface area (Å²) >= 11 is 0. The molecule has 0 bridgehead atoms. The molecule has 1 aliphatic rings. The van der Waals surface area contributed by atoms with E-state index in [1.54, 1.807) is 24.3 Å². The van der Waals surface area contributed by atoms with Crippen LogP contribution in [0.25, 0.3) is 0 Å². The van der Waals surface area contributed by atoms with E-state index in [1.165, 1.54) is 0 Å². The number of nitrogens with one attached hydrogen (secondary N) is 1. The summed E-state index contributed by atoms with van der Waals surface area (Å²) < 4.78 is 5.02. The van der Waals surface area contributed by atoms with Crippen LogP contribution in [0, 0.1) is 0 Å². The molecule has 0 aliphatic heterocycles. The summed E-state index contributed by atoms with van der Waals surface area (Å²) in [7, 11) is 0. The van der Waals surface area contributed by atoms with Crippen LogP contribution in [0.5, 0.6) is 5.75 Å². The zero-order valence-electron chi connectivity index (χ0n) is 8.98. The van der Waals surface area contributed by atoms with Gasteiger partial charge in [-0.3, -0.25) is 0 Å². The Morgan fingerprint density at radius 1 is 1.38 bits per heavy atom. The smallest absolute Gasteiger partial charge is 0.410 e. The summed E-state index contributed by atoms with van der Waals surface area (Å²) in [5.41, 5.74) is -0.713. The van der Waals surface area contributed by atoms with Crippen LogP contribution in [0.3, 0.4) is 0 Å². The summed E-state index contributed by atoms with van der Waals surface area (Å²) in [6.45, 7) is 0.263. The lowest BCUT2D eigenvalue weighted by molar-refractivity contribution is -0.0299. The van der Waals surface area contributed by atoms with Gasteiger partial charge in [-0.1, -0.05) is 18.2 Å². The van der Waals surface area contributed by atoms with Gasteiger partial charge in [0.1, 0.15) is 5.75 Å². The van der Waals surface area contributed by atoms with E-state index in [4.69, 9.17) is 4.74 Å². The van der Waals surface area contributed by atoms with Crippen LogP contribution in [0.2, 0.25) is 0 Å². The maximum Gasteiger partial charge on any atom is 0.412 e. The topological polar surface area (TPSA) is 58.6 Å². The SMILES string of the molecule is O=C(NCC1(O)CCC1)Oc1ccccc1. The van der Waals surface area contributed by atoms with Crippen LogP contribution in [-0.4, -0.2) is 23.3 Å². The number of para-hydroxylation sites is 1. The Labute approximate surface area is 94.2 Å². The van der Waals surface area contributed by atoms with E-state index in [-0.39, 0.29) is 6.54 Å². The average Bonchev–Trinajstić information content (AvgIpc) is 2.25.